The fraction of sp³-hybridized carbons (Fsp3) is 0.154. The highest BCUT2D eigenvalue weighted by Crippen LogP contribution is 2.34. The fourth-order valence-electron chi connectivity index (χ4n) is 1.46. The number of methoxy groups -OCH3 is 1. The summed E-state index contributed by atoms with van der Waals surface area (Å²) in [6.45, 7) is 1.83. The molecule has 0 heterocycles. The van der Waals surface area contributed by atoms with Gasteiger partial charge in [-0.15, -0.1) is 0 Å². The third-order valence-corrected chi connectivity index (χ3v) is 2.15. The van der Waals surface area contributed by atoms with E-state index >= 15 is 0 Å². The first kappa shape index (κ1) is 12.8. The van der Waals surface area contributed by atoms with E-state index in [1.165, 1.54) is 19.3 Å². The van der Waals surface area contributed by atoms with Gasteiger partial charge in [0.05, 0.1) is 7.11 Å². The summed E-state index contributed by atoms with van der Waals surface area (Å²) in [5.74, 6) is -0.674. The summed E-state index contributed by atoms with van der Waals surface area (Å²) in [5.41, 5.74) is 1.31. The summed E-state index contributed by atoms with van der Waals surface area (Å²) >= 11 is 0. The van der Waals surface area contributed by atoms with E-state index in [2.05, 4.69) is 0 Å². The molecule has 0 aliphatic rings. The summed E-state index contributed by atoms with van der Waals surface area (Å²) < 4.78 is 5.09. The van der Waals surface area contributed by atoms with Crippen LogP contribution in [0.5, 0.6) is 11.5 Å². The van der Waals surface area contributed by atoms with E-state index in [0.29, 0.717) is 16.9 Å². The molecule has 0 unspecified atom stereocenters. The van der Waals surface area contributed by atoms with E-state index in [4.69, 9.17) is 9.84 Å². The van der Waals surface area contributed by atoms with Crippen LogP contribution in [0.4, 0.5) is 0 Å². The topological polar surface area (TPSA) is 66.8 Å². The minimum atomic E-state index is -1.02. The van der Waals surface area contributed by atoms with Crippen LogP contribution in [0.1, 0.15) is 18.1 Å². The molecule has 1 aromatic carbocycles. The van der Waals surface area contributed by atoms with Crippen molar-refractivity contribution >= 4 is 18.1 Å². The largest absolute Gasteiger partial charge is 0.504 e. The molecule has 0 aliphatic heterocycles. The molecule has 0 saturated carbocycles. The van der Waals surface area contributed by atoms with Crippen molar-refractivity contribution in [1.29, 1.82) is 0 Å². The Bertz CT molecular complexity index is 473. The lowest BCUT2D eigenvalue weighted by molar-refractivity contribution is -0.131. The van der Waals surface area contributed by atoms with Crippen LogP contribution in [0, 0.1) is 0 Å². The Labute approximate surface area is 99.5 Å². The smallest absolute Gasteiger partial charge is 0.328 e. The minimum Gasteiger partial charge on any atom is -0.504 e. The number of carboxylic acids is 1. The number of carboxylic acid groups (broad SMARTS) is 1. The van der Waals surface area contributed by atoms with Gasteiger partial charge in [0.25, 0.3) is 0 Å². The second-order valence-electron chi connectivity index (χ2n) is 3.29. The van der Waals surface area contributed by atoms with Gasteiger partial charge in [-0.1, -0.05) is 18.2 Å². The average Bonchev–Trinajstić information content (AvgIpc) is 2.28. The first-order valence-corrected chi connectivity index (χ1v) is 5.03. The second-order valence-corrected chi connectivity index (χ2v) is 3.29. The number of carbonyl (C=O) groups is 1. The lowest BCUT2D eigenvalue weighted by atomic mass is 10.0. The number of hydrogen-bond acceptors (Lipinski definition) is 3. The Balaban J connectivity index is 3.34. The quantitative estimate of drug-likeness (QED) is 0.785. The van der Waals surface area contributed by atoms with Crippen molar-refractivity contribution in [2.45, 2.75) is 6.92 Å². The van der Waals surface area contributed by atoms with Crippen molar-refractivity contribution in [3.63, 3.8) is 0 Å². The van der Waals surface area contributed by atoms with Crippen molar-refractivity contribution in [3.8, 4) is 11.5 Å². The molecule has 0 amide bonds. The predicted molar refractivity (Wildman–Crippen MR) is 66.0 cm³/mol. The molecule has 4 nitrogen and oxygen atoms in total. The summed E-state index contributed by atoms with van der Waals surface area (Å²) in [4.78, 5) is 10.5. The molecule has 0 aliphatic carbocycles. The maximum absolute atomic E-state index is 10.5. The van der Waals surface area contributed by atoms with Gasteiger partial charge < -0.3 is 14.9 Å². The van der Waals surface area contributed by atoms with Crippen molar-refractivity contribution in [2.24, 2.45) is 0 Å². The number of hydrogen-bond donors (Lipinski definition) is 2. The van der Waals surface area contributed by atoms with Gasteiger partial charge in [-0.25, -0.2) is 4.79 Å². The lowest BCUT2D eigenvalue weighted by Gasteiger charge is -2.10. The van der Waals surface area contributed by atoms with E-state index in [0.717, 1.165) is 6.08 Å². The monoisotopic (exact) mass is 234 g/mol. The molecule has 2 N–H and O–H groups in total. The van der Waals surface area contributed by atoms with Crippen LogP contribution in [0.15, 0.2) is 24.3 Å². The molecule has 0 aromatic heterocycles. The summed E-state index contributed by atoms with van der Waals surface area (Å²) in [5, 5.41) is 18.2. The van der Waals surface area contributed by atoms with Crippen molar-refractivity contribution in [1.82, 2.24) is 0 Å². The predicted octanol–water partition coefficient (Wildman–Crippen LogP) is 2.53. The van der Waals surface area contributed by atoms with Gasteiger partial charge in [0, 0.05) is 11.6 Å². The highest BCUT2D eigenvalue weighted by Gasteiger charge is 2.09. The molecule has 0 atom stereocenters. The number of aliphatic carboxylic acids is 1. The molecule has 0 spiro atoms. The lowest BCUT2D eigenvalue weighted by Crippen LogP contribution is -1.92. The average molecular weight is 234 g/mol. The number of benzene rings is 1. The number of ether oxygens (including phenoxy) is 1. The zero-order valence-corrected chi connectivity index (χ0v) is 9.68. The first-order chi connectivity index (χ1) is 8.10. The standard InChI is InChI=1S/C13H14O4/c1-3-4-10-9(6-8-12(15)16)5-7-11(14)13(10)17-2/h3-8,14H,1-2H3,(H,15,16)/b4-3?,8-6+. The first-order valence-electron chi connectivity index (χ1n) is 5.03. The Kier molecular flexibility index (Phi) is 4.34. The summed E-state index contributed by atoms with van der Waals surface area (Å²) in [7, 11) is 1.45. The summed E-state index contributed by atoms with van der Waals surface area (Å²) in [6.07, 6.45) is 6.04. The van der Waals surface area contributed by atoms with Crippen LogP contribution in [0.3, 0.4) is 0 Å². The number of aromatic hydroxyl groups is 1. The van der Waals surface area contributed by atoms with Crippen molar-refractivity contribution in [2.75, 3.05) is 7.11 Å². The van der Waals surface area contributed by atoms with Gasteiger partial charge >= 0.3 is 5.97 Å². The van der Waals surface area contributed by atoms with Gasteiger partial charge in [-0.3, -0.25) is 0 Å². The molecular weight excluding hydrogens is 220 g/mol. The highest BCUT2D eigenvalue weighted by atomic mass is 16.5. The highest BCUT2D eigenvalue weighted by molar-refractivity contribution is 5.87. The molecule has 90 valence electrons. The van der Waals surface area contributed by atoms with E-state index in [9.17, 15) is 9.90 Å². The van der Waals surface area contributed by atoms with Gasteiger partial charge in [0.2, 0.25) is 0 Å². The molecule has 0 bridgehead atoms. The van der Waals surface area contributed by atoms with Gasteiger partial charge in [-0.2, -0.15) is 0 Å². The van der Waals surface area contributed by atoms with Crippen LogP contribution in [0.25, 0.3) is 12.2 Å². The molecule has 0 radical (unpaired) electrons. The number of allylic oxidation sites excluding steroid dienone is 1. The minimum absolute atomic E-state index is 0.0214. The van der Waals surface area contributed by atoms with E-state index < -0.39 is 5.97 Å². The maximum atomic E-state index is 10.5. The Morgan fingerprint density at radius 3 is 2.59 bits per heavy atom. The van der Waals surface area contributed by atoms with Crippen LogP contribution in [-0.4, -0.2) is 23.3 Å². The summed E-state index contributed by atoms with van der Waals surface area (Å²) in [6, 6.07) is 3.10. The van der Waals surface area contributed by atoms with Gasteiger partial charge in [0.1, 0.15) is 0 Å². The van der Waals surface area contributed by atoms with Crippen molar-refractivity contribution in [3.05, 3.63) is 35.4 Å². The third kappa shape index (κ3) is 3.11. The molecule has 0 saturated heterocycles. The normalized spacial score (nSPS) is 11.2. The number of phenols is 1. The molecular formula is C13H14O4. The Morgan fingerprint density at radius 2 is 2.06 bits per heavy atom. The van der Waals surface area contributed by atoms with Crippen LogP contribution in [0.2, 0.25) is 0 Å². The second kappa shape index (κ2) is 5.75. The number of rotatable bonds is 4. The van der Waals surface area contributed by atoms with E-state index in [1.54, 1.807) is 18.2 Å². The molecule has 0 fully saturated rings. The van der Waals surface area contributed by atoms with Crippen LogP contribution < -0.4 is 4.74 Å². The Morgan fingerprint density at radius 1 is 1.35 bits per heavy atom. The maximum Gasteiger partial charge on any atom is 0.328 e. The molecule has 17 heavy (non-hydrogen) atoms. The van der Waals surface area contributed by atoms with Crippen LogP contribution in [-0.2, 0) is 4.79 Å². The van der Waals surface area contributed by atoms with Gasteiger partial charge in [0.15, 0.2) is 11.5 Å². The van der Waals surface area contributed by atoms with Crippen LogP contribution >= 0.6 is 0 Å². The molecule has 4 heteroatoms. The molecule has 1 aromatic rings. The zero-order valence-electron chi connectivity index (χ0n) is 9.68. The number of phenolic OH excluding ortho intramolecular Hbond substituents is 1. The van der Waals surface area contributed by atoms with Crippen molar-refractivity contribution < 1.29 is 19.7 Å². The van der Waals surface area contributed by atoms with E-state index in [1.807, 2.05) is 6.92 Å². The van der Waals surface area contributed by atoms with Gasteiger partial charge in [-0.05, 0) is 24.6 Å². The SMILES string of the molecule is CC=Cc1c(/C=C/C(=O)O)ccc(O)c1OC. The van der Waals surface area contributed by atoms with E-state index in [-0.39, 0.29) is 5.75 Å². The third-order valence-electron chi connectivity index (χ3n) is 2.15. The fourth-order valence-corrected chi connectivity index (χ4v) is 1.46. The Hall–Kier alpha value is -2.23. The zero-order chi connectivity index (χ0) is 12.8. The molecule has 1 rings (SSSR count).